The van der Waals surface area contributed by atoms with Crippen molar-refractivity contribution in [1.29, 1.82) is 0 Å². The van der Waals surface area contributed by atoms with Crippen molar-refractivity contribution >= 4 is 11.7 Å². The number of halogens is 1. The Bertz CT molecular complexity index is 1170. The molecule has 0 bridgehead atoms. The Balaban J connectivity index is 1.60. The largest absolute Gasteiger partial charge is 0.384 e. The number of rotatable bonds is 7. The van der Waals surface area contributed by atoms with Crippen LogP contribution in [0.15, 0.2) is 42.9 Å². The van der Waals surface area contributed by atoms with Gasteiger partial charge in [0.05, 0.1) is 17.0 Å². The molecule has 184 valence electrons. The monoisotopic (exact) mass is 476 g/mol. The second-order valence-corrected chi connectivity index (χ2v) is 8.86. The molecule has 2 aromatic heterocycles. The Morgan fingerprint density at radius 3 is 2.31 bits per heavy atom. The summed E-state index contributed by atoms with van der Waals surface area (Å²) in [5, 5.41) is 0. The fraction of sp³-hybridized carbons (Fsp3) is 0.407. The maximum atomic E-state index is 15.3. The molecule has 1 aromatic carbocycles. The number of aryl methyl sites for hydroxylation is 1. The van der Waals surface area contributed by atoms with Crippen LogP contribution in [0.5, 0.6) is 0 Å². The topological polar surface area (TPSA) is 88.2 Å². The van der Waals surface area contributed by atoms with Gasteiger partial charge in [-0.05, 0) is 43.5 Å². The molecule has 1 saturated heterocycles. The maximum absolute atomic E-state index is 15.3. The summed E-state index contributed by atoms with van der Waals surface area (Å²) in [6.07, 6.45) is 6.03. The molecule has 7 nitrogen and oxygen atoms in total. The fourth-order valence-corrected chi connectivity index (χ4v) is 4.87. The Morgan fingerprint density at radius 1 is 1.00 bits per heavy atom. The van der Waals surface area contributed by atoms with Gasteiger partial charge < -0.3 is 10.6 Å². The van der Waals surface area contributed by atoms with Gasteiger partial charge in [0.25, 0.3) is 5.91 Å². The lowest BCUT2D eigenvalue weighted by molar-refractivity contribution is 0.0555. The number of anilines is 1. The molecule has 0 saturated carbocycles. The van der Waals surface area contributed by atoms with Crippen LogP contribution in [-0.4, -0.2) is 62.9 Å². The van der Waals surface area contributed by atoms with Crippen LogP contribution < -0.4 is 5.73 Å². The van der Waals surface area contributed by atoms with Gasteiger partial charge in [-0.2, -0.15) is 0 Å². The summed E-state index contributed by atoms with van der Waals surface area (Å²) in [5.74, 6) is -0.397. The third-order valence-electron chi connectivity index (χ3n) is 6.87. The van der Waals surface area contributed by atoms with E-state index in [4.69, 9.17) is 5.73 Å². The van der Waals surface area contributed by atoms with Gasteiger partial charge in [0.15, 0.2) is 0 Å². The quantitative estimate of drug-likeness (QED) is 0.543. The molecule has 3 heterocycles. The van der Waals surface area contributed by atoms with Gasteiger partial charge in [0.2, 0.25) is 0 Å². The van der Waals surface area contributed by atoms with Crippen LogP contribution in [0, 0.1) is 5.82 Å². The first-order valence-corrected chi connectivity index (χ1v) is 12.4. The normalized spacial score (nSPS) is 14.5. The molecular formula is C27H33FN6O. The molecule has 1 aliphatic rings. The highest BCUT2D eigenvalue weighted by Crippen LogP contribution is 2.33. The Hall–Kier alpha value is -3.39. The molecule has 0 atom stereocenters. The number of aromatic nitrogens is 3. The van der Waals surface area contributed by atoms with E-state index in [2.05, 4.69) is 33.7 Å². The van der Waals surface area contributed by atoms with Gasteiger partial charge in [-0.25, -0.2) is 19.3 Å². The van der Waals surface area contributed by atoms with E-state index in [0.717, 1.165) is 42.8 Å². The van der Waals surface area contributed by atoms with Crippen LogP contribution in [0.2, 0.25) is 0 Å². The van der Waals surface area contributed by atoms with E-state index in [9.17, 15) is 4.79 Å². The summed E-state index contributed by atoms with van der Waals surface area (Å²) in [4.78, 5) is 30.4. The highest BCUT2D eigenvalue weighted by Gasteiger charge is 2.27. The number of amides is 1. The standard InChI is InChI=1S/C27H33FN6O/c1-4-20(5-2)33-11-13-34(14-12-33)27(35)21-9-7-18(15-22(21)28)26-25(23(6-3)31-17-32-26)19-8-10-24(29)30-16-19/h7-10,15-17,20H,4-6,11-14H2,1-3H3,(H2,29,30). The number of nitrogens with zero attached hydrogens (tertiary/aromatic N) is 5. The van der Waals surface area contributed by atoms with E-state index in [1.54, 1.807) is 29.3 Å². The van der Waals surface area contributed by atoms with Gasteiger partial charge in [-0.15, -0.1) is 0 Å². The molecule has 8 heteroatoms. The number of nitrogen functional groups attached to an aromatic ring is 1. The van der Waals surface area contributed by atoms with Gasteiger partial charge in [-0.1, -0.05) is 26.8 Å². The van der Waals surface area contributed by atoms with Crippen LogP contribution in [0.25, 0.3) is 22.4 Å². The lowest BCUT2D eigenvalue weighted by atomic mass is 9.96. The molecule has 4 rings (SSSR count). The molecule has 0 spiro atoms. The van der Waals surface area contributed by atoms with Crippen molar-refractivity contribution in [3.63, 3.8) is 0 Å². The summed E-state index contributed by atoms with van der Waals surface area (Å²) in [6.45, 7) is 9.24. The third kappa shape index (κ3) is 5.17. The Morgan fingerprint density at radius 2 is 1.71 bits per heavy atom. The second-order valence-electron chi connectivity index (χ2n) is 8.86. The average molecular weight is 477 g/mol. The summed E-state index contributed by atoms with van der Waals surface area (Å²) in [7, 11) is 0. The SMILES string of the molecule is CCc1ncnc(-c2ccc(C(=O)N3CCN(C(CC)CC)CC3)c(F)c2)c1-c1ccc(N)nc1. The molecule has 1 aliphatic heterocycles. The van der Waals surface area contributed by atoms with E-state index in [0.29, 0.717) is 42.6 Å². The molecule has 35 heavy (non-hydrogen) atoms. The van der Waals surface area contributed by atoms with E-state index >= 15 is 4.39 Å². The van der Waals surface area contributed by atoms with Gasteiger partial charge in [0, 0.05) is 55.1 Å². The van der Waals surface area contributed by atoms with Crippen LogP contribution in [0.1, 0.15) is 49.7 Å². The lowest BCUT2D eigenvalue weighted by Crippen LogP contribution is -2.51. The molecule has 1 amide bonds. The maximum Gasteiger partial charge on any atom is 0.256 e. The lowest BCUT2D eigenvalue weighted by Gasteiger charge is -2.38. The van der Waals surface area contributed by atoms with Crippen LogP contribution >= 0.6 is 0 Å². The van der Waals surface area contributed by atoms with E-state index < -0.39 is 5.82 Å². The minimum Gasteiger partial charge on any atom is -0.384 e. The Labute approximate surface area is 206 Å². The zero-order chi connectivity index (χ0) is 24.9. The van der Waals surface area contributed by atoms with Crippen molar-refractivity contribution in [1.82, 2.24) is 24.8 Å². The number of piperazine rings is 1. The summed E-state index contributed by atoms with van der Waals surface area (Å²) < 4.78 is 15.3. The van der Waals surface area contributed by atoms with Gasteiger partial charge in [-0.3, -0.25) is 9.69 Å². The van der Waals surface area contributed by atoms with Crippen molar-refractivity contribution in [2.24, 2.45) is 0 Å². The van der Waals surface area contributed by atoms with Crippen molar-refractivity contribution in [3.8, 4) is 22.4 Å². The smallest absolute Gasteiger partial charge is 0.256 e. The minimum atomic E-state index is -0.548. The zero-order valence-corrected chi connectivity index (χ0v) is 20.7. The predicted octanol–water partition coefficient (Wildman–Crippen LogP) is 4.44. The first-order chi connectivity index (χ1) is 17.0. The number of nitrogens with two attached hydrogens (primary N) is 1. The summed E-state index contributed by atoms with van der Waals surface area (Å²) in [5.41, 5.74) is 9.46. The zero-order valence-electron chi connectivity index (χ0n) is 20.7. The highest BCUT2D eigenvalue weighted by molar-refractivity contribution is 5.95. The highest BCUT2D eigenvalue weighted by atomic mass is 19.1. The van der Waals surface area contributed by atoms with Crippen LogP contribution in [-0.2, 0) is 6.42 Å². The van der Waals surface area contributed by atoms with E-state index in [1.807, 2.05) is 13.0 Å². The van der Waals surface area contributed by atoms with Crippen molar-refractivity contribution in [2.75, 3.05) is 31.9 Å². The number of carbonyl (C=O) groups is 1. The number of hydrogen-bond donors (Lipinski definition) is 1. The molecule has 0 radical (unpaired) electrons. The van der Waals surface area contributed by atoms with Crippen molar-refractivity contribution in [2.45, 2.75) is 46.1 Å². The van der Waals surface area contributed by atoms with Crippen LogP contribution in [0.4, 0.5) is 10.2 Å². The molecule has 0 aliphatic carbocycles. The fourth-order valence-electron chi connectivity index (χ4n) is 4.87. The van der Waals surface area contributed by atoms with E-state index in [1.165, 1.54) is 12.4 Å². The number of hydrogen-bond acceptors (Lipinski definition) is 6. The molecule has 0 unspecified atom stereocenters. The summed E-state index contributed by atoms with van der Waals surface area (Å²) in [6, 6.07) is 8.83. The van der Waals surface area contributed by atoms with Crippen molar-refractivity contribution < 1.29 is 9.18 Å². The number of carbonyl (C=O) groups excluding carboxylic acids is 1. The van der Waals surface area contributed by atoms with Gasteiger partial charge >= 0.3 is 0 Å². The second kappa shape index (κ2) is 10.9. The molecule has 1 fully saturated rings. The van der Waals surface area contributed by atoms with Gasteiger partial charge in [0.1, 0.15) is 18.0 Å². The van der Waals surface area contributed by atoms with E-state index in [-0.39, 0.29) is 11.5 Å². The minimum absolute atomic E-state index is 0.0882. The van der Waals surface area contributed by atoms with Crippen LogP contribution in [0.3, 0.4) is 0 Å². The number of benzene rings is 1. The summed E-state index contributed by atoms with van der Waals surface area (Å²) >= 11 is 0. The first-order valence-electron chi connectivity index (χ1n) is 12.4. The first kappa shape index (κ1) is 24.7. The average Bonchev–Trinajstić information content (AvgIpc) is 2.89. The van der Waals surface area contributed by atoms with Crippen molar-refractivity contribution in [3.05, 3.63) is 59.9 Å². The molecular weight excluding hydrogens is 443 g/mol. The predicted molar refractivity (Wildman–Crippen MR) is 136 cm³/mol. The number of pyridine rings is 1. The third-order valence-corrected chi connectivity index (χ3v) is 6.87. The molecule has 2 N–H and O–H groups in total. The Kier molecular flexibility index (Phi) is 7.70. The molecule has 3 aromatic rings.